The molecule has 0 aliphatic carbocycles. The Hall–Kier alpha value is -2.79. The third kappa shape index (κ3) is 3.83. The lowest BCUT2D eigenvalue weighted by Gasteiger charge is -2.23. The van der Waals surface area contributed by atoms with Gasteiger partial charge >= 0.3 is 0 Å². The molecule has 3 heterocycles. The van der Waals surface area contributed by atoms with Crippen LogP contribution >= 0.6 is 0 Å². The van der Waals surface area contributed by atoms with Crippen LogP contribution in [-0.4, -0.2) is 30.2 Å². The highest BCUT2D eigenvalue weighted by Crippen LogP contribution is 2.30. The van der Waals surface area contributed by atoms with Gasteiger partial charge in [0.25, 0.3) is 12.0 Å². The smallest absolute Gasteiger partial charge is 0.266 e. The van der Waals surface area contributed by atoms with Crippen molar-refractivity contribution in [2.45, 2.75) is 24.9 Å². The Bertz CT molecular complexity index is 1250. The number of pyridine rings is 1. The molecule has 0 spiro atoms. The number of hydrogen-bond acceptors (Lipinski definition) is 6. The van der Waals surface area contributed by atoms with Crippen LogP contribution in [0.15, 0.2) is 35.4 Å². The van der Waals surface area contributed by atoms with Crippen LogP contribution in [-0.2, 0) is 29.9 Å². The van der Waals surface area contributed by atoms with Crippen molar-refractivity contribution < 1.29 is 17.4 Å². The molecule has 7 nitrogen and oxygen atoms in total. The van der Waals surface area contributed by atoms with E-state index in [2.05, 4.69) is 15.3 Å². The van der Waals surface area contributed by atoms with Gasteiger partial charge in [-0.25, -0.2) is 23.1 Å². The SMILES string of the molecule is Cn1c(=O)c(C2(N)CCS(=O)C2)cc2c(NCc3cccc(C(F)F)c3F)ncnc21. The highest BCUT2D eigenvalue weighted by molar-refractivity contribution is 7.85. The number of rotatable bonds is 5. The fraction of sp³-hybridized carbons (Fsp3) is 0.350. The first-order valence-corrected chi connectivity index (χ1v) is 11.0. The van der Waals surface area contributed by atoms with Crippen molar-refractivity contribution in [2.75, 3.05) is 16.8 Å². The van der Waals surface area contributed by atoms with Gasteiger partial charge in [0.1, 0.15) is 23.6 Å². The minimum atomic E-state index is -2.92. The summed E-state index contributed by atoms with van der Waals surface area (Å²) >= 11 is 0. The van der Waals surface area contributed by atoms with E-state index in [-0.39, 0.29) is 23.4 Å². The Morgan fingerprint density at radius 3 is 2.81 bits per heavy atom. The number of hydrogen-bond donors (Lipinski definition) is 2. The van der Waals surface area contributed by atoms with Crippen molar-refractivity contribution >= 4 is 27.7 Å². The lowest BCUT2D eigenvalue weighted by atomic mass is 9.91. The summed E-state index contributed by atoms with van der Waals surface area (Å²) in [5, 5.41) is 3.41. The van der Waals surface area contributed by atoms with E-state index in [0.717, 1.165) is 6.07 Å². The first-order valence-electron chi connectivity index (χ1n) is 9.49. The maximum absolute atomic E-state index is 14.4. The van der Waals surface area contributed by atoms with Gasteiger partial charge in [0.05, 0.1) is 16.5 Å². The van der Waals surface area contributed by atoms with Crippen LogP contribution in [0.4, 0.5) is 19.0 Å². The van der Waals surface area contributed by atoms with E-state index in [4.69, 9.17) is 5.73 Å². The standard InChI is InChI=1S/C20H20F3N5O2S/c1-28-18-13(7-14(19(28)29)20(24)5-6-31(30)9-20)17(26-10-27-18)25-8-11-3-2-4-12(15(11)21)16(22)23/h2-4,7,10,16H,5-6,8-9,24H2,1H3,(H,25,26,27). The van der Waals surface area contributed by atoms with Gasteiger partial charge in [-0.15, -0.1) is 0 Å². The molecule has 2 aromatic heterocycles. The quantitative estimate of drug-likeness (QED) is 0.617. The van der Waals surface area contributed by atoms with Gasteiger partial charge in [-0.1, -0.05) is 18.2 Å². The number of anilines is 1. The second kappa shape index (κ2) is 8.04. The first kappa shape index (κ1) is 21.4. The zero-order valence-corrected chi connectivity index (χ0v) is 17.4. The molecule has 0 radical (unpaired) electrons. The van der Waals surface area contributed by atoms with Crippen LogP contribution in [0.1, 0.15) is 29.5 Å². The van der Waals surface area contributed by atoms with Gasteiger partial charge in [-0.3, -0.25) is 13.6 Å². The Kier molecular flexibility index (Phi) is 5.56. The van der Waals surface area contributed by atoms with Crippen molar-refractivity contribution in [3.8, 4) is 0 Å². The summed E-state index contributed by atoms with van der Waals surface area (Å²) in [6.07, 6.45) is -1.27. The van der Waals surface area contributed by atoms with Crippen molar-refractivity contribution in [1.82, 2.24) is 14.5 Å². The molecule has 1 saturated heterocycles. The molecule has 3 aromatic rings. The Balaban J connectivity index is 1.75. The maximum Gasteiger partial charge on any atom is 0.266 e. The predicted molar refractivity (Wildman–Crippen MR) is 112 cm³/mol. The average Bonchev–Trinajstić information content (AvgIpc) is 3.09. The van der Waals surface area contributed by atoms with E-state index in [1.807, 2.05) is 0 Å². The van der Waals surface area contributed by atoms with Gasteiger partial charge < -0.3 is 11.1 Å². The number of benzene rings is 1. The Morgan fingerprint density at radius 2 is 2.13 bits per heavy atom. The van der Waals surface area contributed by atoms with Gasteiger partial charge in [0.15, 0.2) is 0 Å². The number of nitrogens with two attached hydrogens (primary N) is 1. The fourth-order valence-electron chi connectivity index (χ4n) is 3.79. The number of fused-ring (bicyclic) bond motifs is 1. The molecule has 4 rings (SSSR count). The van der Waals surface area contributed by atoms with E-state index in [1.165, 1.54) is 23.0 Å². The molecule has 0 saturated carbocycles. The summed E-state index contributed by atoms with van der Waals surface area (Å²) in [5.74, 6) is -0.0962. The normalized spacial score (nSPS) is 21.2. The molecule has 0 amide bonds. The molecule has 3 N–H and O–H groups in total. The molecule has 2 atom stereocenters. The van der Waals surface area contributed by atoms with Crippen LogP contribution < -0.4 is 16.6 Å². The van der Waals surface area contributed by atoms with Gasteiger partial charge in [-0.2, -0.15) is 0 Å². The molecule has 31 heavy (non-hydrogen) atoms. The Morgan fingerprint density at radius 1 is 1.35 bits per heavy atom. The summed E-state index contributed by atoms with van der Waals surface area (Å²) in [5.41, 5.74) is 5.07. The second-order valence-electron chi connectivity index (χ2n) is 7.55. The summed E-state index contributed by atoms with van der Waals surface area (Å²) in [4.78, 5) is 21.2. The predicted octanol–water partition coefficient (Wildman–Crippen LogP) is 2.32. The van der Waals surface area contributed by atoms with Crippen LogP contribution in [0, 0.1) is 5.82 Å². The zero-order valence-electron chi connectivity index (χ0n) is 16.6. The molecular weight excluding hydrogens is 431 g/mol. The van der Waals surface area contributed by atoms with E-state index in [1.54, 1.807) is 13.1 Å². The van der Waals surface area contributed by atoms with Crippen LogP contribution in [0.2, 0.25) is 0 Å². The largest absolute Gasteiger partial charge is 0.365 e. The first-order chi connectivity index (χ1) is 14.7. The van der Waals surface area contributed by atoms with E-state index >= 15 is 0 Å². The fourth-order valence-corrected chi connectivity index (χ4v) is 5.40. The molecule has 0 bridgehead atoms. The minimum absolute atomic E-state index is 0.0519. The van der Waals surface area contributed by atoms with Crippen molar-refractivity contribution in [3.05, 3.63) is 63.5 Å². The second-order valence-corrected chi connectivity index (χ2v) is 9.13. The number of nitrogens with one attached hydrogen (secondary N) is 1. The van der Waals surface area contributed by atoms with Crippen molar-refractivity contribution in [1.29, 1.82) is 0 Å². The van der Waals surface area contributed by atoms with Crippen LogP contribution in [0.25, 0.3) is 11.0 Å². The number of alkyl halides is 2. The molecular formula is C20H20F3N5O2S. The summed E-state index contributed by atoms with van der Waals surface area (Å²) < 4.78 is 53.6. The van der Waals surface area contributed by atoms with Gasteiger partial charge in [0, 0.05) is 47.0 Å². The lowest BCUT2D eigenvalue weighted by molar-refractivity contribution is 0.146. The summed E-state index contributed by atoms with van der Waals surface area (Å²) in [6, 6.07) is 5.38. The number of aryl methyl sites for hydroxylation is 1. The number of nitrogens with zero attached hydrogens (tertiary/aromatic N) is 3. The monoisotopic (exact) mass is 451 g/mol. The van der Waals surface area contributed by atoms with E-state index < -0.39 is 34.1 Å². The highest BCUT2D eigenvalue weighted by atomic mass is 32.2. The number of aromatic nitrogens is 3. The van der Waals surface area contributed by atoms with Crippen LogP contribution in [0.3, 0.4) is 0 Å². The molecule has 1 aliphatic heterocycles. The molecule has 1 aliphatic rings. The Labute approximate surface area is 178 Å². The van der Waals surface area contributed by atoms with Gasteiger partial charge in [-0.05, 0) is 12.5 Å². The summed E-state index contributed by atoms with van der Waals surface area (Å²) in [7, 11) is 0.441. The third-order valence-electron chi connectivity index (χ3n) is 5.53. The van der Waals surface area contributed by atoms with Crippen LogP contribution in [0.5, 0.6) is 0 Å². The highest BCUT2D eigenvalue weighted by Gasteiger charge is 2.38. The zero-order chi connectivity index (χ0) is 22.3. The van der Waals surface area contributed by atoms with Gasteiger partial charge in [0.2, 0.25) is 0 Å². The molecule has 11 heteroatoms. The molecule has 1 fully saturated rings. The van der Waals surface area contributed by atoms with E-state index in [9.17, 15) is 22.2 Å². The topological polar surface area (TPSA) is 103 Å². The molecule has 164 valence electrons. The molecule has 1 aromatic carbocycles. The number of halogens is 3. The minimum Gasteiger partial charge on any atom is -0.365 e. The lowest BCUT2D eigenvalue weighted by Crippen LogP contribution is -2.43. The van der Waals surface area contributed by atoms with Crippen molar-refractivity contribution in [2.24, 2.45) is 12.8 Å². The average molecular weight is 451 g/mol. The maximum atomic E-state index is 14.4. The third-order valence-corrected chi connectivity index (χ3v) is 7.02. The van der Waals surface area contributed by atoms with E-state index in [0.29, 0.717) is 34.6 Å². The van der Waals surface area contributed by atoms with Crippen molar-refractivity contribution in [3.63, 3.8) is 0 Å². The summed E-state index contributed by atoms with van der Waals surface area (Å²) in [6.45, 7) is -0.103. The molecule has 2 unspecified atom stereocenters.